The fourth-order valence-corrected chi connectivity index (χ4v) is 2.97. The van der Waals surface area contributed by atoms with E-state index in [9.17, 15) is 4.79 Å². The van der Waals surface area contributed by atoms with E-state index in [1.807, 2.05) is 19.1 Å². The molecule has 19 heavy (non-hydrogen) atoms. The number of aliphatic carboxylic acids is 1. The van der Waals surface area contributed by atoms with Gasteiger partial charge in [-0.05, 0) is 48.8 Å². The van der Waals surface area contributed by atoms with E-state index in [0.717, 1.165) is 36.1 Å². The summed E-state index contributed by atoms with van der Waals surface area (Å²) in [5, 5.41) is 9.73. The molecule has 0 amide bonds. The lowest BCUT2D eigenvalue weighted by Gasteiger charge is -2.18. The molecule has 0 saturated heterocycles. The van der Waals surface area contributed by atoms with E-state index in [4.69, 9.17) is 21.4 Å². The summed E-state index contributed by atoms with van der Waals surface area (Å²) in [5.41, 5.74) is 1.97. The molecule has 1 atom stereocenters. The summed E-state index contributed by atoms with van der Waals surface area (Å²) in [6.45, 7) is 2.03. The topological polar surface area (TPSA) is 46.5 Å². The highest BCUT2D eigenvalue weighted by Gasteiger charge is 2.34. The van der Waals surface area contributed by atoms with Crippen molar-refractivity contribution >= 4 is 17.6 Å². The van der Waals surface area contributed by atoms with Crippen LogP contribution in [-0.2, 0) is 11.2 Å². The zero-order valence-corrected chi connectivity index (χ0v) is 12.0. The third-order valence-electron chi connectivity index (χ3n) is 3.76. The van der Waals surface area contributed by atoms with Crippen LogP contribution in [0.3, 0.4) is 0 Å². The number of hydrogen-bond acceptors (Lipinski definition) is 2. The van der Waals surface area contributed by atoms with Gasteiger partial charge in [-0.15, -0.1) is 0 Å². The summed E-state index contributed by atoms with van der Waals surface area (Å²) in [6, 6.07) is 3.87. The van der Waals surface area contributed by atoms with Crippen LogP contribution in [-0.4, -0.2) is 18.2 Å². The number of benzene rings is 1. The third kappa shape index (κ3) is 3.21. The summed E-state index contributed by atoms with van der Waals surface area (Å²) in [7, 11) is 1.62. The average Bonchev–Trinajstić information content (AvgIpc) is 3.18. The van der Waals surface area contributed by atoms with Crippen LogP contribution in [0.1, 0.15) is 43.2 Å². The number of methoxy groups -OCH3 is 1. The smallest absolute Gasteiger partial charge is 0.303 e. The Hall–Kier alpha value is -1.22. The Morgan fingerprint density at radius 3 is 2.68 bits per heavy atom. The summed E-state index contributed by atoms with van der Waals surface area (Å²) in [6.07, 6.45) is 3.17. The molecule has 0 radical (unpaired) electrons. The monoisotopic (exact) mass is 282 g/mol. The molecule has 1 saturated carbocycles. The van der Waals surface area contributed by atoms with E-state index in [-0.39, 0.29) is 12.3 Å². The molecule has 1 aromatic carbocycles. The first-order valence-corrected chi connectivity index (χ1v) is 7.02. The number of carbonyl (C=O) groups is 1. The van der Waals surface area contributed by atoms with Gasteiger partial charge in [0.15, 0.2) is 0 Å². The zero-order valence-electron chi connectivity index (χ0n) is 11.3. The van der Waals surface area contributed by atoms with Crippen LogP contribution in [0.25, 0.3) is 0 Å². The van der Waals surface area contributed by atoms with Crippen molar-refractivity contribution in [1.29, 1.82) is 0 Å². The lowest BCUT2D eigenvalue weighted by atomic mass is 9.90. The van der Waals surface area contributed by atoms with Crippen LogP contribution in [0.5, 0.6) is 5.75 Å². The molecule has 0 aromatic heterocycles. The SMILES string of the molecule is CCc1c(Cl)cc(C(CC(=O)O)C2CC2)cc1OC. The number of ether oxygens (including phenoxy) is 1. The normalized spacial score (nSPS) is 16.2. The highest BCUT2D eigenvalue weighted by molar-refractivity contribution is 6.31. The zero-order chi connectivity index (χ0) is 14.0. The standard InChI is InChI=1S/C15H19ClO3/c1-3-11-13(16)6-10(7-14(11)19-2)12(8-15(17)18)9-4-5-9/h6-7,9,12H,3-5,8H2,1-2H3,(H,17,18). The van der Waals surface area contributed by atoms with E-state index in [2.05, 4.69) is 0 Å². The predicted molar refractivity (Wildman–Crippen MR) is 75.1 cm³/mol. The lowest BCUT2D eigenvalue weighted by Crippen LogP contribution is -2.09. The van der Waals surface area contributed by atoms with Gasteiger partial charge in [-0.1, -0.05) is 18.5 Å². The van der Waals surface area contributed by atoms with Crippen molar-refractivity contribution in [3.63, 3.8) is 0 Å². The number of rotatable bonds is 6. The second kappa shape index (κ2) is 5.83. The number of carboxylic acid groups (broad SMARTS) is 1. The van der Waals surface area contributed by atoms with E-state index < -0.39 is 5.97 Å². The predicted octanol–water partition coefficient (Wildman–Crippen LogP) is 3.88. The Labute approximate surface area is 118 Å². The van der Waals surface area contributed by atoms with Crippen LogP contribution in [0.4, 0.5) is 0 Å². The van der Waals surface area contributed by atoms with Crippen molar-refractivity contribution in [2.45, 2.75) is 38.5 Å². The van der Waals surface area contributed by atoms with Crippen molar-refractivity contribution in [3.05, 3.63) is 28.3 Å². The molecule has 1 aliphatic carbocycles. The molecular formula is C15H19ClO3. The maximum atomic E-state index is 11.0. The molecule has 0 bridgehead atoms. The molecule has 1 N–H and O–H groups in total. The maximum absolute atomic E-state index is 11.0. The molecule has 104 valence electrons. The first kappa shape index (κ1) is 14.2. The van der Waals surface area contributed by atoms with Crippen LogP contribution in [0, 0.1) is 5.92 Å². The third-order valence-corrected chi connectivity index (χ3v) is 4.10. The molecule has 1 fully saturated rings. The van der Waals surface area contributed by atoms with Gasteiger partial charge in [0.25, 0.3) is 0 Å². The lowest BCUT2D eigenvalue weighted by molar-refractivity contribution is -0.137. The molecule has 0 heterocycles. The Balaban J connectivity index is 2.36. The van der Waals surface area contributed by atoms with E-state index in [0.29, 0.717) is 10.9 Å². The van der Waals surface area contributed by atoms with Gasteiger partial charge in [-0.25, -0.2) is 0 Å². The maximum Gasteiger partial charge on any atom is 0.303 e. The largest absolute Gasteiger partial charge is 0.496 e. The summed E-state index contributed by atoms with van der Waals surface area (Å²) < 4.78 is 5.38. The van der Waals surface area contributed by atoms with Gasteiger partial charge in [-0.2, -0.15) is 0 Å². The fraction of sp³-hybridized carbons (Fsp3) is 0.533. The van der Waals surface area contributed by atoms with Gasteiger partial charge < -0.3 is 9.84 Å². The van der Waals surface area contributed by atoms with Gasteiger partial charge in [0, 0.05) is 10.6 Å². The van der Waals surface area contributed by atoms with E-state index in [1.54, 1.807) is 7.11 Å². The fourth-order valence-electron chi connectivity index (χ4n) is 2.61. The van der Waals surface area contributed by atoms with Crippen molar-refractivity contribution < 1.29 is 14.6 Å². The quantitative estimate of drug-likeness (QED) is 0.861. The Kier molecular flexibility index (Phi) is 4.35. The van der Waals surface area contributed by atoms with Crippen LogP contribution in [0.15, 0.2) is 12.1 Å². The molecule has 0 aliphatic heterocycles. The van der Waals surface area contributed by atoms with Gasteiger partial charge in [0.05, 0.1) is 13.5 Å². The minimum Gasteiger partial charge on any atom is -0.496 e. The minimum absolute atomic E-state index is 0.0507. The van der Waals surface area contributed by atoms with Crippen molar-refractivity contribution in [1.82, 2.24) is 0 Å². The average molecular weight is 283 g/mol. The van der Waals surface area contributed by atoms with Gasteiger partial charge in [-0.3, -0.25) is 4.79 Å². The molecule has 2 rings (SSSR count). The molecule has 1 unspecified atom stereocenters. The molecular weight excluding hydrogens is 264 g/mol. The van der Waals surface area contributed by atoms with Crippen molar-refractivity contribution in [2.24, 2.45) is 5.92 Å². The molecule has 3 nitrogen and oxygen atoms in total. The molecule has 1 aliphatic rings. The van der Waals surface area contributed by atoms with Gasteiger partial charge >= 0.3 is 5.97 Å². The second-order valence-corrected chi connectivity index (χ2v) is 5.49. The first-order chi connectivity index (χ1) is 9.06. The van der Waals surface area contributed by atoms with Gasteiger partial charge in [0.1, 0.15) is 5.75 Å². The van der Waals surface area contributed by atoms with Crippen LogP contribution in [0.2, 0.25) is 5.02 Å². The van der Waals surface area contributed by atoms with Crippen LogP contribution >= 0.6 is 11.6 Å². The number of halogens is 1. The summed E-state index contributed by atoms with van der Waals surface area (Å²) >= 11 is 6.29. The van der Waals surface area contributed by atoms with Crippen LogP contribution < -0.4 is 4.74 Å². The number of carboxylic acids is 1. The van der Waals surface area contributed by atoms with Crippen molar-refractivity contribution in [3.8, 4) is 5.75 Å². The summed E-state index contributed by atoms with van der Waals surface area (Å²) in [4.78, 5) is 11.0. The summed E-state index contributed by atoms with van der Waals surface area (Å²) in [5.74, 6) is 0.534. The van der Waals surface area contributed by atoms with E-state index in [1.165, 1.54) is 0 Å². The highest BCUT2D eigenvalue weighted by Crippen LogP contribution is 2.46. The van der Waals surface area contributed by atoms with Crippen molar-refractivity contribution in [2.75, 3.05) is 7.11 Å². The minimum atomic E-state index is -0.758. The second-order valence-electron chi connectivity index (χ2n) is 5.08. The molecule has 1 aromatic rings. The molecule has 4 heteroatoms. The van der Waals surface area contributed by atoms with E-state index >= 15 is 0 Å². The highest BCUT2D eigenvalue weighted by atomic mass is 35.5. The Morgan fingerprint density at radius 1 is 1.53 bits per heavy atom. The number of hydrogen-bond donors (Lipinski definition) is 1. The Bertz CT molecular complexity index is 481. The molecule has 0 spiro atoms. The van der Waals surface area contributed by atoms with Gasteiger partial charge in [0.2, 0.25) is 0 Å². The first-order valence-electron chi connectivity index (χ1n) is 6.64. The Morgan fingerprint density at radius 2 is 2.21 bits per heavy atom.